The van der Waals surface area contributed by atoms with Gasteiger partial charge in [0.25, 0.3) is 0 Å². The summed E-state index contributed by atoms with van der Waals surface area (Å²) in [7, 11) is -3.43. The summed E-state index contributed by atoms with van der Waals surface area (Å²) >= 11 is 26.8. The zero-order valence-electron chi connectivity index (χ0n) is 17.5. The first-order valence-corrected chi connectivity index (χ1v) is 14.2. The third-order valence-corrected chi connectivity index (χ3v) is 8.97. The van der Waals surface area contributed by atoms with Crippen molar-refractivity contribution < 1.29 is 4.57 Å². The molecule has 4 rings (SSSR count). The first-order chi connectivity index (χ1) is 16.3. The molecule has 4 aromatic rings. The van der Waals surface area contributed by atoms with Crippen LogP contribution in [0.3, 0.4) is 0 Å². The Labute approximate surface area is 222 Å². The number of benzene rings is 3. The Morgan fingerprint density at radius 2 is 1.41 bits per heavy atom. The third kappa shape index (κ3) is 6.34. The summed E-state index contributed by atoms with van der Waals surface area (Å²) in [5, 5.41) is 7.02. The van der Waals surface area contributed by atoms with Gasteiger partial charge in [0.1, 0.15) is 0 Å². The number of hydrogen-bond acceptors (Lipinski definition) is 3. The fourth-order valence-electron chi connectivity index (χ4n) is 3.07. The number of nitrogens with zero attached hydrogens (tertiary/aromatic N) is 1. The lowest BCUT2D eigenvalue weighted by Gasteiger charge is -2.14. The number of nitrogens with one attached hydrogen (secondary N) is 1. The Kier molecular flexibility index (Phi) is 8.21. The molecule has 34 heavy (non-hydrogen) atoms. The number of thiazole rings is 1. The fraction of sp³-hybridized carbons (Fsp3) is 0. The van der Waals surface area contributed by atoms with Gasteiger partial charge in [0, 0.05) is 27.6 Å². The maximum absolute atomic E-state index is 14.1. The summed E-state index contributed by atoms with van der Waals surface area (Å²) in [6, 6.07) is 23.7. The van der Waals surface area contributed by atoms with E-state index in [1.165, 1.54) is 23.0 Å². The van der Waals surface area contributed by atoms with Crippen LogP contribution >= 0.6 is 65.0 Å². The van der Waals surface area contributed by atoms with E-state index in [1.807, 2.05) is 66.0 Å². The van der Waals surface area contributed by atoms with Gasteiger partial charge in [-0.15, -0.1) is 11.3 Å². The van der Waals surface area contributed by atoms with Gasteiger partial charge in [0.15, 0.2) is 5.13 Å². The van der Waals surface area contributed by atoms with E-state index in [2.05, 4.69) is 10.1 Å². The van der Waals surface area contributed by atoms with E-state index in [9.17, 15) is 4.57 Å². The van der Waals surface area contributed by atoms with E-state index in [4.69, 9.17) is 46.4 Å². The summed E-state index contributed by atoms with van der Waals surface area (Å²) in [6.45, 7) is 0. The molecule has 0 aliphatic carbocycles. The molecular formula is C25H17Cl4N2OPS. The fourth-order valence-corrected chi connectivity index (χ4v) is 7.30. The Morgan fingerprint density at radius 1 is 0.853 bits per heavy atom. The highest BCUT2D eigenvalue weighted by Gasteiger charge is 2.22. The van der Waals surface area contributed by atoms with Crippen molar-refractivity contribution in [3.63, 3.8) is 0 Å². The van der Waals surface area contributed by atoms with E-state index >= 15 is 0 Å². The van der Waals surface area contributed by atoms with E-state index in [-0.39, 0.29) is 0 Å². The summed E-state index contributed by atoms with van der Waals surface area (Å²) < 4.78 is 14.1. The molecule has 0 fully saturated rings. The Hall–Kier alpha value is -2.04. The first kappa shape index (κ1) is 25.1. The molecule has 1 heterocycles. The molecule has 9 heteroatoms. The second kappa shape index (κ2) is 11.1. The van der Waals surface area contributed by atoms with Crippen molar-refractivity contribution in [3.8, 4) is 11.3 Å². The van der Waals surface area contributed by atoms with Crippen LogP contribution in [0.15, 0.2) is 95.9 Å². The molecule has 0 bridgehead atoms. The number of rotatable bonds is 7. The quantitative estimate of drug-likeness (QED) is 0.227. The van der Waals surface area contributed by atoms with Crippen LogP contribution in [0.1, 0.15) is 11.1 Å². The van der Waals surface area contributed by atoms with Crippen LogP contribution in [0.5, 0.6) is 0 Å². The van der Waals surface area contributed by atoms with Gasteiger partial charge < -0.3 is 5.09 Å². The minimum atomic E-state index is -3.43. The monoisotopic (exact) mass is 564 g/mol. The van der Waals surface area contributed by atoms with Gasteiger partial charge >= 0.3 is 0 Å². The molecule has 1 N–H and O–H groups in total. The van der Waals surface area contributed by atoms with E-state index < -0.39 is 7.29 Å². The second-order valence-corrected chi connectivity index (χ2v) is 11.8. The molecule has 0 aliphatic heterocycles. The van der Waals surface area contributed by atoms with Gasteiger partial charge in [-0.3, -0.25) is 4.57 Å². The van der Waals surface area contributed by atoms with Crippen molar-refractivity contribution in [1.29, 1.82) is 0 Å². The van der Waals surface area contributed by atoms with Crippen LogP contribution in [0.4, 0.5) is 5.13 Å². The lowest BCUT2D eigenvalue weighted by atomic mass is 10.2. The summed E-state index contributed by atoms with van der Waals surface area (Å²) in [6.07, 6.45) is 0. The topological polar surface area (TPSA) is 42.0 Å². The normalized spacial score (nSPS) is 14.0. The minimum absolute atomic E-state index is 0.333. The van der Waals surface area contributed by atoms with Crippen LogP contribution in [-0.2, 0) is 4.57 Å². The van der Waals surface area contributed by atoms with Gasteiger partial charge in [-0.1, -0.05) is 107 Å². The van der Waals surface area contributed by atoms with E-state index in [0.717, 1.165) is 11.1 Å². The number of anilines is 1. The molecule has 0 atom stereocenters. The summed E-state index contributed by atoms with van der Waals surface area (Å²) in [4.78, 5) is 4.57. The lowest BCUT2D eigenvalue weighted by Crippen LogP contribution is -1.94. The van der Waals surface area contributed by atoms with E-state index in [0.29, 0.717) is 36.5 Å². The highest BCUT2D eigenvalue weighted by atomic mass is 35.5. The minimum Gasteiger partial charge on any atom is -0.306 e. The van der Waals surface area contributed by atoms with Gasteiger partial charge in [0.05, 0.1) is 20.8 Å². The number of hydrogen-bond donors (Lipinski definition) is 1. The number of halogens is 4. The summed E-state index contributed by atoms with van der Waals surface area (Å²) in [5.74, 6) is 2.98. The molecule has 0 spiro atoms. The van der Waals surface area contributed by atoms with E-state index in [1.54, 1.807) is 18.2 Å². The van der Waals surface area contributed by atoms with Crippen molar-refractivity contribution in [3.05, 3.63) is 117 Å². The molecule has 0 saturated heterocycles. The largest absolute Gasteiger partial charge is 0.306 e. The Morgan fingerprint density at radius 3 is 1.97 bits per heavy atom. The predicted octanol–water partition coefficient (Wildman–Crippen LogP) is 10.3. The molecule has 3 aromatic carbocycles. The van der Waals surface area contributed by atoms with Crippen LogP contribution in [0.25, 0.3) is 21.3 Å². The van der Waals surface area contributed by atoms with Crippen LogP contribution in [0, 0.1) is 0 Å². The maximum atomic E-state index is 14.1. The zero-order valence-corrected chi connectivity index (χ0v) is 22.2. The molecule has 0 saturated carbocycles. The van der Waals surface area contributed by atoms with Gasteiger partial charge in [-0.2, -0.15) is 0 Å². The van der Waals surface area contributed by atoms with Crippen LogP contribution in [0.2, 0.25) is 10.0 Å². The first-order valence-electron chi connectivity index (χ1n) is 9.99. The van der Waals surface area contributed by atoms with Crippen LogP contribution in [-0.4, -0.2) is 4.98 Å². The number of aromatic nitrogens is 1. The third-order valence-electron chi connectivity index (χ3n) is 4.69. The molecule has 1 aromatic heterocycles. The molecule has 0 radical (unpaired) electrons. The van der Waals surface area contributed by atoms with Crippen molar-refractivity contribution in [2.75, 3.05) is 5.09 Å². The highest BCUT2D eigenvalue weighted by molar-refractivity contribution is 7.72. The van der Waals surface area contributed by atoms with Crippen molar-refractivity contribution in [1.82, 2.24) is 4.98 Å². The molecule has 0 amide bonds. The van der Waals surface area contributed by atoms with Gasteiger partial charge in [0.2, 0.25) is 7.29 Å². The van der Waals surface area contributed by atoms with Crippen molar-refractivity contribution >= 4 is 80.2 Å². The lowest BCUT2D eigenvalue weighted by molar-refractivity contribution is 0.589. The van der Waals surface area contributed by atoms with Crippen molar-refractivity contribution in [2.45, 2.75) is 0 Å². The standard InChI is InChI=1S/C25H17Cl4N2OPS/c26-19-11-12-21(27)20(13-19)24-16-34-25(30-24)31-33(32,14-22(28)17-7-3-1-4-8-17)15-23(29)18-9-5-2-6-10-18/h1-16H,(H,30,31,32). The van der Waals surface area contributed by atoms with Crippen LogP contribution < -0.4 is 5.09 Å². The maximum Gasteiger partial charge on any atom is 0.217 e. The molecule has 0 unspecified atom stereocenters. The summed E-state index contributed by atoms with van der Waals surface area (Å²) in [5.41, 5.74) is 2.77. The molecule has 172 valence electrons. The van der Waals surface area contributed by atoms with Gasteiger partial charge in [-0.05, 0) is 29.3 Å². The molecule has 0 aliphatic rings. The van der Waals surface area contributed by atoms with Crippen molar-refractivity contribution in [2.24, 2.45) is 0 Å². The Balaban J connectivity index is 1.72. The molecule has 3 nitrogen and oxygen atoms in total. The predicted molar refractivity (Wildman–Crippen MR) is 149 cm³/mol. The zero-order chi connectivity index (χ0) is 24.1. The average Bonchev–Trinajstić information content (AvgIpc) is 3.29. The second-order valence-electron chi connectivity index (χ2n) is 7.17. The SMILES string of the molecule is O=P(C=C(Cl)c1ccccc1)(C=C(Cl)c1ccccc1)Nc1nc(-c2cc(Cl)ccc2Cl)cs1. The molecular weight excluding hydrogens is 549 g/mol. The Bertz CT molecular complexity index is 1350. The smallest absolute Gasteiger partial charge is 0.217 e. The average molecular weight is 566 g/mol. The van der Waals surface area contributed by atoms with Gasteiger partial charge in [-0.25, -0.2) is 4.98 Å². The highest BCUT2D eigenvalue weighted by Crippen LogP contribution is 2.54.